The van der Waals surface area contributed by atoms with Gasteiger partial charge in [0.25, 0.3) is 12.1 Å². The van der Waals surface area contributed by atoms with Crippen molar-refractivity contribution in [1.82, 2.24) is 4.98 Å². The monoisotopic (exact) mass is 495 g/mol. The van der Waals surface area contributed by atoms with Crippen molar-refractivity contribution in [3.8, 4) is 11.8 Å². The number of ether oxygens (including phenoxy) is 1. The number of thioether (sulfide) groups is 1. The van der Waals surface area contributed by atoms with Gasteiger partial charge in [0.15, 0.2) is 5.78 Å². The van der Waals surface area contributed by atoms with E-state index in [0.717, 1.165) is 11.8 Å². The van der Waals surface area contributed by atoms with Gasteiger partial charge in [0.2, 0.25) is 0 Å². The summed E-state index contributed by atoms with van der Waals surface area (Å²) in [7, 11) is 1.48. The van der Waals surface area contributed by atoms with Gasteiger partial charge in [-0.05, 0) is 48.4 Å². The third-order valence-electron chi connectivity index (χ3n) is 5.00. The molecular formula is C25H19F2N3O4S. The summed E-state index contributed by atoms with van der Waals surface area (Å²) in [5, 5.41) is 20.8. The first-order valence-corrected chi connectivity index (χ1v) is 11.2. The molecule has 0 aliphatic carbocycles. The Kier molecular flexibility index (Phi) is 8.28. The van der Waals surface area contributed by atoms with Gasteiger partial charge in [-0.3, -0.25) is 14.9 Å². The van der Waals surface area contributed by atoms with Crippen LogP contribution in [0.2, 0.25) is 0 Å². The van der Waals surface area contributed by atoms with Crippen LogP contribution in [0.15, 0.2) is 59.6 Å². The van der Waals surface area contributed by atoms with Gasteiger partial charge in [-0.1, -0.05) is 24.3 Å². The summed E-state index contributed by atoms with van der Waals surface area (Å²) in [5.41, 5.74) is 1.24. The number of hydrogen-bond donors (Lipinski definition) is 0. The maximum absolute atomic E-state index is 13.2. The summed E-state index contributed by atoms with van der Waals surface area (Å²) < 4.78 is 31.8. The van der Waals surface area contributed by atoms with Crippen molar-refractivity contribution in [2.24, 2.45) is 0 Å². The Hall–Kier alpha value is -4.10. The van der Waals surface area contributed by atoms with E-state index >= 15 is 0 Å². The second-order valence-electron chi connectivity index (χ2n) is 7.29. The molecule has 0 N–H and O–H groups in total. The number of aryl methyl sites for hydroxylation is 1. The average molecular weight is 496 g/mol. The van der Waals surface area contributed by atoms with Crippen LogP contribution in [0.3, 0.4) is 0 Å². The number of nitriles is 1. The Labute approximate surface area is 204 Å². The fourth-order valence-corrected chi connectivity index (χ4v) is 4.32. The summed E-state index contributed by atoms with van der Waals surface area (Å²) in [6.07, 6.45) is 0.000713. The highest BCUT2D eigenvalue weighted by Gasteiger charge is 2.18. The molecule has 7 nitrogen and oxygen atoms in total. The third-order valence-corrected chi connectivity index (χ3v) is 6.03. The number of allylic oxidation sites excluding steroid dienone is 1. The number of ketones is 1. The molecule has 3 rings (SSSR count). The van der Waals surface area contributed by atoms with Gasteiger partial charge in [-0.2, -0.15) is 5.26 Å². The molecule has 0 aliphatic rings. The quantitative estimate of drug-likeness (QED) is 0.113. The van der Waals surface area contributed by atoms with Crippen LogP contribution in [0.1, 0.15) is 44.7 Å². The average Bonchev–Trinajstić information content (AvgIpc) is 2.85. The van der Waals surface area contributed by atoms with Crippen molar-refractivity contribution < 1.29 is 23.2 Å². The van der Waals surface area contributed by atoms with Crippen LogP contribution in [0.4, 0.5) is 14.5 Å². The fraction of sp³-hybridized carbons (Fsp3) is 0.160. The normalized spacial score (nSPS) is 11.0. The number of benzene rings is 2. The van der Waals surface area contributed by atoms with Gasteiger partial charge < -0.3 is 4.74 Å². The van der Waals surface area contributed by atoms with Gasteiger partial charge in [-0.25, -0.2) is 13.8 Å². The molecule has 0 saturated heterocycles. The molecule has 0 unspecified atom stereocenters. The molecule has 0 atom stereocenters. The standard InChI is InChI=1S/C25H19F2N3O4S/c1-15-11-20(24(26)27)29-25(19(15)13-28)35-14-17-12-16(8-10-23(17)34-2)7-9-22(31)18-5-3-4-6-21(18)30(32)33/h3-12,24H,14H2,1-2H3/b9-7+. The van der Waals surface area contributed by atoms with Crippen LogP contribution in [0, 0.1) is 28.4 Å². The third kappa shape index (κ3) is 6.07. The molecular weight excluding hydrogens is 476 g/mol. The number of pyridine rings is 1. The number of nitro benzene ring substituents is 1. The molecule has 1 aromatic heterocycles. The van der Waals surface area contributed by atoms with Crippen LogP contribution in [-0.2, 0) is 5.75 Å². The van der Waals surface area contributed by atoms with Crippen molar-refractivity contribution in [3.05, 3.63) is 98.2 Å². The first-order chi connectivity index (χ1) is 16.7. The van der Waals surface area contributed by atoms with Crippen molar-refractivity contribution in [3.63, 3.8) is 0 Å². The molecule has 0 saturated carbocycles. The van der Waals surface area contributed by atoms with E-state index in [0.29, 0.717) is 22.4 Å². The summed E-state index contributed by atoms with van der Waals surface area (Å²) in [5.74, 6) is 0.266. The number of methoxy groups -OCH3 is 1. The summed E-state index contributed by atoms with van der Waals surface area (Å²) in [6.45, 7) is 1.58. The van der Waals surface area contributed by atoms with E-state index in [2.05, 4.69) is 4.98 Å². The highest BCUT2D eigenvalue weighted by Crippen LogP contribution is 2.32. The zero-order valence-corrected chi connectivity index (χ0v) is 19.5. The lowest BCUT2D eigenvalue weighted by molar-refractivity contribution is -0.385. The van der Waals surface area contributed by atoms with Gasteiger partial charge in [0.05, 0.1) is 23.2 Å². The second kappa shape index (κ2) is 11.4. The Balaban J connectivity index is 1.86. The Bertz CT molecular complexity index is 1350. The van der Waals surface area contributed by atoms with E-state index < -0.39 is 22.8 Å². The molecule has 0 bridgehead atoms. The van der Waals surface area contributed by atoms with Crippen molar-refractivity contribution in [2.45, 2.75) is 24.1 Å². The summed E-state index contributed by atoms with van der Waals surface area (Å²) >= 11 is 1.12. The molecule has 10 heteroatoms. The molecule has 0 spiro atoms. The maximum atomic E-state index is 13.2. The number of aromatic nitrogens is 1. The topological polar surface area (TPSA) is 106 Å². The van der Waals surface area contributed by atoms with Crippen LogP contribution >= 0.6 is 11.8 Å². The van der Waals surface area contributed by atoms with Crippen LogP contribution < -0.4 is 4.74 Å². The predicted molar refractivity (Wildman–Crippen MR) is 128 cm³/mol. The van der Waals surface area contributed by atoms with E-state index in [-0.39, 0.29) is 27.6 Å². The maximum Gasteiger partial charge on any atom is 0.280 e. The molecule has 3 aromatic rings. The molecule has 0 fully saturated rings. The largest absolute Gasteiger partial charge is 0.496 e. The molecule has 0 radical (unpaired) electrons. The van der Waals surface area contributed by atoms with Crippen LogP contribution in [0.25, 0.3) is 6.08 Å². The predicted octanol–water partition coefficient (Wildman–Crippen LogP) is 6.30. The Morgan fingerprint density at radius 1 is 1.29 bits per heavy atom. The molecule has 178 valence electrons. The Morgan fingerprint density at radius 2 is 2.03 bits per heavy atom. The number of carbonyl (C=O) groups is 1. The van der Waals surface area contributed by atoms with Gasteiger partial charge in [0, 0.05) is 17.4 Å². The van der Waals surface area contributed by atoms with E-state index in [1.807, 2.05) is 6.07 Å². The number of nitrogens with zero attached hydrogens (tertiary/aromatic N) is 3. The SMILES string of the molecule is COc1ccc(/C=C/C(=O)c2ccccc2[N+](=O)[O-])cc1CSc1nc(C(F)F)cc(C)c1C#N. The zero-order chi connectivity index (χ0) is 25.5. The minimum atomic E-state index is -2.76. The second-order valence-corrected chi connectivity index (χ2v) is 8.25. The Morgan fingerprint density at radius 3 is 2.69 bits per heavy atom. The van der Waals surface area contributed by atoms with Crippen LogP contribution in [0.5, 0.6) is 5.75 Å². The number of hydrogen-bond acceptors (Lipinski definition) is 7. The number of carbonyl (C=O) groups excluding carboxylic acids is 1. The lowest BCUT2D eigenvalue weighted by Crippen LogP contribution is -2.00. The van der Waals surface area contributed by atoms with Gasteiger partial charge in [-0.15, -0.1) is 11.8 Å². The molecule has 0 aliphatic heterocycles. The highest BCUT2D eigenvalue weighted by molar-refractivity contribution is 7.98. The van der Waals surface area contributed by atoms with E-state index in [4.69, 9.17) is 4.74 Å². The highest BCUT2D eigenvalue weighted by atomic mass is 32.2. The minimum absolute atomic E-state index is 0.0255. The van der Waals surface area contributed by atoms with E-state index in [9.17, 15) is 29.0 Å². The number of rotatable bonds is 9. The molecule has 2 aromatic carbocycles. The first-order valence-electron chi connectivity index (χ1n) is 10.2. The summed E-state index contributed by atoms with van der Waals surface area (Å²) in [4.78, 5) is 27.0. The zero-order valence-electron chi connectivity index (χ0n) is 18.7. The molecule has 1 heterocycles. The van der Waals surface area contributed by atoms with Gasteiger partial charge in [0.1, 0.15) is 22.5 Å². The first kappa shape index (κ1) is 25.5. The smallest absolute Gasteiger partial charge is 0.280 e. The number of nitro groups is 1. The van der Waals surface area contributed by atoms with E-state index in [1.165, 1.54) is 43.5 Å². The van der Waals surface area contributed by atoms with Crippen LogP contribution in [-0.4, -0.2) is 22.8 Å². The van der Waals surface area contributed by atoms with Crippen molar-refractivity contribution in [2.75, 3.05) is 7.11 Å². The number of para-hydroxylation sites is 1. The summed E-state index contributed by atoms with van der Waals surface area (Å²) in [6, 6.07) is 14.0. The molecule has 35 heavy (non-hydrogen) atoms. The fourth-order valence-electron chi connectivity index (χ4n) is 3.28. The number of halogens is 2. The van der Waals surface area contributed by atoms with Gasteiger partial charge >= 0.3 is 0 Å². The lowest BCUT2D eigenvalue weighted by atomic mass is 10.1. The van der Waals surface area contributed by atoms with E-state index in [1.54, 1.807) is 31.2 Å². The van der Waals surface area contributed by atoms with Crippen molar-refractivity contribution in [1.29, 1.82) is 5.26 Å². The lowest BCUT2D eigenvalue weighted by Gasteiger charge is -2.12. The minimum Gasteiger partial charge on any atom is -0.496 e. The number of alkyl halides is 2. The molecule has 0 amide bonds. The van der Waals surface area contributed by atoms with Crippen molar-refractivity contribution >= 4 is 29.3 Å².